The Kier molecular flexibility index (Phi) is 8.98. The van der Waals surface area contributed by atoms with Crippen molar-refractivity contribution in [2.75, 3.05) is 18.1 Å². The van der Waals surface area contributed by atoms with Crippen LogP contribution in [0.25, 0.3) is 0 Å². The molecule has 2 unspecified atom stereocenters. The average Bonchev–Trinajstić information content (AvgIpc) is 3.42. The van der Waals surface area contributed by atoms with Crippen LogP contribution in [0.4, 0.5) is 0 Å². The Balaban J connectivity index is 1.47. The largest absolute Gasteiger partial charge is 0.370 e. The summed E-state index contributed by atoms with van der Waals surface area (Å²) in [4.78, 5) is 50.1. The van der Waals surface area contributed by atoms with Crippen LogP contribution in [-0.2, 0) is 16.0 Å². The van der Waals surface area contributed by atoms with Crippen molar-refractivity contribution in [1.82, 2.24) is 15.2 Å². The van der Waals surface area contributed by atoms with Gasteiger partial charge in [0.05, 0.1) is 6.04 Å². The number of benzene rings is 1. The molecule has 2 saturated heterocycles. The van der Waals surface area contributed by atoms with Crippen LogP contribution < -0.4 is 16.8 Å². The maximum Gasteiger partial charge on any atom is 0.244 e. The number of fused-ring (bicyclic) bond motifs is 1. The van der Waals surface area contributed by atoms with E-state index >= 15 is 0 Å². The minimum Gasteiger partial charge on any atom is -0.370 e. The summed E-state index contributed by atoms with van der Waals surface area (Å²) in [6.45, 7) is 0.354. The first-order valence-corrected chi connectivity index (χ1v) is 14.2. The smallest absolute Gasteiger partial charge is 0.244 e. The van der Waals surface area contributed by atoms with Gasteiger partial charge in [-0.05, 0) is 37.7 Å². The van der Waals surface area contributed by atoms with Crippen LogP contribution in [-0.4, -0.2) is 69.6 Å². The van der Waals surface area contributed by atoms with Gasteiger partial charge in [-0.2, -0.15) is 11.8 Å². The van der Waals surface area contributed by atoms with Gasteiger partial charge in [0.1, 0.15) is 6.04 Å². The number of carbonyl (C=O) groups excluding carboxylic acids is 3. The second-order valence-corrected chi connectivity index (χ2v) is 11.1. The molecule has 9 nitrogen and oxygen atoms in total. The van der Waals surface area contributed by atoms with Crippen LogP contribution in [0.2, 0.25) is 0 Å². The van der Waals surface area contributed by atoms with E-state index in [2.05, 4.69) is 15.3 Å². The molecule has 0 saturated carbocycles. The monoisotopic (exact) mass is 528 g/mol. The molecule has 5 N–H and O–H groups in total. The summed E-state index contributed by atoms with van der Waals surface area (Å²) in [5.74, 6) is 0.681. The van der Waals surface area contributed by atoms with Gasteiger partial charge in [0.2, 0.25) is 17.6 Å². The molecule has 2 aliphatic heterocycles. The van der Waals surface area contributed by atoms with Crippen molar-refractivity contribution in [3.05, 3.63) is 52.5 Å². The summed E-state index contributed by atoms with van der Waals surface area (Å²) in [5, 5.41) is 5.01. The number of Topliss-reactive ketones (excluding diaryl/α,β-unsaturated/α-hetero) is 1. The van der Waals surface area contributed by atoms with Gasteiger partial charge in [-0.1, -0.05) is 30.3 Å². The molecule has 3 heterocycles. The van der Waals surface area contributed by atoms with E-state index < -0.39 is 12.1 Å². The number of piperidine rings is 1. The number of nitrogens with one attached hydrogen (secondary N) is 1. The first kappa shape index (κ1) is 26.2. The summed E-state index contributed by atoms with van der Waals surface area (Å²) in [7, 11) is 0. The lowest BCUT2D eigenvalue weighted by Gasteiger charge is -2.46. The number of ketones is 1. The van der Waals surface area contributed by atoms with Crippen molar-refractivity contribution >= 4 is 46.7 Å². The molecule has 11 heteroatoms. The summed E-state index contributed by atoms with van der Waals surface area (Å²) in [6, 6.07) is 8.66. The van der Waals surface area contributed by atoms with E-state index in [4.69, 9.17) is 11.5 Å². The highest BCUT2D eigenvalue weighted by atomic mass is 32.2. The van der Waals surface area contributed by atoms with Crippen molar-refractivity contribution in [3.8, 4) is 0 Å². The van der Waals surface area contributed by atoms with E-state index in [1.807, 2.05) is 30.3 Å². The van der Waals surface area contributed by atoms with Crippen LogP contribution in [0.1, 0.15) is 41.0 Å². The van der Waals surface area contributed by atoms with Crippen LogP contribution >= 0.6 is 23.1 Å². The molecule has 192 valence electrons. The maximum absolute atomic E-state index is 13.6. The SMILES string of the molecule is NC(N)=NCCCC(NC(=O)[C@@H]1CSC[C@H]2CCC(Cc3ccccc3)C(=O)N21)C(=O)c1nccs1. The lowest BCUT2D eigenvalue weighted by Crippen LogP contribution is -2.63. The number of carbonyl (C=O) groups is 3. The molecule has 1 aromatic carbocycles. The fourth-order valence-electron chi connectivity index (χ4n) is 4.84. The number of nitrogens with zero attached hydrogens (tertiary/aromatic N) is 3. The fourth-order valence-corrected chi connectivity index (χ4v) is 6.74. The lowest BCUT2D eigenvalue weighted by molar-refractivity contribution is -0.149. The molecule has 4 atom stereocenters. The number of rotatable bonds is 10. The first-order chi connectivity index (χ1) is 17.4. The number of hydrogen-bond acceptors (Lipinski definition) is 7. The molecule has 36 heavy (non-hydrogen) atoms. The van der Waals surface area contributed by atoms with Crippen molar-refractivity contribution in [3.63, 3.8) is 0 Å². The number of nitrogens with two attached hydrogens (primary N) is 2. The molecule has 2 aromatic rings. The number of aromatic nitrogens is 1. The van der Waals surface area contributed by atoms with Crippen LogP contribution in [0, 0.1) is 5.92 Å². The first-order valence-electron chi connectivity index (χ1n) is 12.2. The number of guanidine groups is 1. The molecule has 2 aliphatic rings. The zero-order valence-electron chi connectivity index (χ0n) is 20.0. The fraction of sp³-hybridized carbons (Fsp3) is 0.480. The van der Waals surface area contributed by atoms with Crippen LogP contribution in [0.15, 0.2) is 46.9 Å². The van der Waals surface area contributed by atoms with Crippen molar-refractivity contribution < 1.29 is 14.4 Å². The van der Waals surface area contributed by atoms with Gasteiger partial charge >= 0.3 is 0 Å². The van der Waals surface area contributed by atoms with Crippen molar-refractivity contribution in [2.24, 2.45) is 22.4 Å². The molecule has 1 aromatic heterocycles. The summed E-state index contributed by atoms with van der Waals surface area (Å²) >= 11 is 2.92. The molecule has 4 rings (SSSR count). The molecular formula is C25H32N6O3S2. The van der Waals surface area contributed by atoms with E-state index in [1.54, 1.807) is 28.2 Å². The maximum atomic E-state index is 13.6. The van der Waals surface area contributed by atoms with Gasteiger partial charge in [0.15, 0.2) is 11.0 Å². The van der Waals surface area contributed by atoms with E-state index in [0.717, 1.165) is 24.2 Å². The lowest BCUT2D eigenvalue weighted by atomic mass is 9.86. The molecular weight excluding hydrogens is 496 g/mol. The molecule has 0 radical (unpaired) electrons. The third kappa shape index (κ3) is 6.44. The predicted octanol–water partition coefficient (Wildman–Crippen LogP) is 1.83. The Morgan fingerprint density at radius 3 is 2.72 bits per heavy atom. The van der Waals surface area contributed by atoms with Gasteiger partial charge in [-0.15, -0.1) is 11.3 Å². The third-order valence-corrected chi connectivity index (χ3v) is 8.58. The Bertz CT molecular complexity index is 1070. The normalized spacial score (nSPS) is 22.4. The number of aliphatic imine (C=N–C) groups is 1. The molecule has 0 spiro atoms. The minimum atomic E-state index is -0.761. The van der Waals surface area contributed by atoms with Crippen LogP contribution in [0.5, 0.6) is 0 Å². The van der Waals surface area contributed by atoms with Gasteiger partial charge in [0.25, 0.3) is 0 Å². The Morgan fingerprint density at radius 2 is 2.00 bits per heavy atom. The predicted molar refractivity (Wildman–Crippen MR) is 143 cm³/mol. The summed E-state index contributed by atoms with van der Waals surface area (Å²) < 4.78 is 0. The Morgan fingerprint density at radius 1 is 1.19 bits per heavy atom. The number of hydrogen-bond donors (Lipinski definition) is 3. The Labute approximate surface area is 219 Å². The summed E-state index contributed by atoms with van der Waals surface area (Å²) in [6.07, 6.45) is 4.82. The van der Waals surface area contributed by atoms with E-state index in [-0.39, 0.29) is 35.5 Å². The van der Waals surface area contributed by atoms with Crippen molar-refractivity contribution in [1.29, 1.82) is 0 Å². The van der Waals surface area contributed by atoms with E-state index in [0.29, 0.717) is 36.6 Å². The van der Waals surface area contributed by atoms with Gasteiger partial charge in [-0.3, -0.25) is 19.4 Å². The number of thioether (sulfide) groups is 1. The minimum absolute atomic E-state index is 0.0132. The quantitative estimate of drug-likeness (QED) is 0.185. The molecule has 2 amide bonds. The van der Waals surface area contributed by atoms with Gasteiger partial charge in [0, 0.05) is 41.6 Å². The zero-order chi connectivity index (χ0) is 25.5. The van der Waals surface area contributed by atoms with E-state index in [9.17, 15) is 14.4 Å². The third-order valence-electron chi connectivity index (χ3n) is 6.62. The van der Waals surface area contributed by atoms with E-state index in [1.165, 1.54) is 11.3 Å². The Hall–Kier alpha value is -2.92. The zero-order valence-corrected chi connectivity index (χ0v) is 21.7. The number of amides is 2. The second-order valence-electron chi connectivity index (χ2n) is 9.13. The standard InChI is InChI=1S/C25H32N6O3S2/c26-25(27)29-10-4-7-19(21(32)23-28-11-12-36-23)30-22(33)20-15-35-14-18-9-8-17(24(34)31(18)20)13-16-5-2-1-3-6-16/h1-3,5-6,11-12,17-20H,4,7-10,13-15H2,(H,30,33)(H4,26,27,29)/t17?,18-,19?,20+/m1/s1. The van der Waals surface area contributed by atoms with Gasteiger partial charge < -0.3 is 21.7 Å². The number of thiazole rings is 1. The molecule has 0 aliphatic carbocycles. The summed E-state index contributed by atoms with van der Waals surface area (Å²) in [5.41, 5.74) is 11.9. The van der Waals surface area contributed by atoms with Crippen molar-refractivity contribution in [2.45, 2.75) is 50.2 Å². The average molecular weight is 529 g/mol. The molecule has 0 bridgehead atoms. The molecule has 2 fully saturated rings. The van der Waals surface area contributed by atoms with Gasteiger partial charge in [-0.25, -0.2) is 4.98 Å². The highest BCUT2D eigenvalue weighted by molar-refractivity contribution is 7.99. The topological polar surface area (TPSA) is 144 Å². The highest BCUT2D eigenvalue weighted by Crippen LogP contribution is 2.34. The second kappa shape index (κ2) is 12.4. The highest BCUT2D eigenvalue weighted by Gasteiger charge is 2.44. The van der Waals surface area contributed by atoms with Crippen LogP contribution in [0.3, 0.4) is 0 Å².